The quantitative estimate of drug-likeness (QED) is 0.679. The Balaban J connectivity index is 1.20. The number of rotatable bonds is 5. The molecule has 0 N–H and O–H groups in total. The van der Waals surface area contributed by atoms with Crippen molar-refractivity contribution >= 4 is 21.4 Å². The number of nitrogens with zero attached hydrogens (tertiary/aromatic N) is 2. The highest BCUT2D eigenvalue weighted by molar-refractivity contribution is 7.89. The van der Waals surface area contributed by atoms with Gasteiger partial charge in [0.15, 0.2) is 0 Å². The van der Waals surface area contributed by atoms with E-state index in [0.717, 1.165) is 45.4 Å². The zero-order valence-electron chi connectivity index (χ0n) is 18.4. The fourth-order valence-corrected chi connectivity index (χ4v) is 8.25. The van der Waals surface area contributed by atoms with Crippen LogP contribution < -0.4 is 0 Å². The summed E-state index contributed by atoms with van der Waals surface area (Å²) in [6.07, 6.45) is 4.20. The Labute approximate surface area is 190 Å². The molecule has 1 aromatic heterocycles. The molecule has 2 saturated heterocycles. The Kier molecular flexibility index (Phi) is 5.76. The SMILES string of the molecule is CCc1cc2c(s1)CCO[C@@]21CCN(CC2CN(S(=O)(=O)c3ccccc3)C2)[C@@H](C)C1. The van der Waals surface area contributed by atoms with Gasteiger partial charge in [0.2, 0.25) is 10.0 Å². The van der Waals surface area contributed by atoms with E-state index in [2.05, 4.69) is 24.8 Å². The van der Waals surface area contributed by atoms with Gasteiger partial charge in [0.25, 0.3) is 0 Å². The highest BCUT2D eigenvalue weighted by Gasteiger charge is 2.46. The molecule has 7 heteroatoms. The number of benzene rings is 1. The Hall–Kier alpha value is -1.25. The first-order valence-electron chi connectivity index (χ1n) is 11.5. The van der Waals surface area contributed by atoms with Crippen LogP contribution in [0.4, 0.5) is 0 Å². The van der Waals surface area contributed by atoms with Gasteiger partial charge in [-0.3, -0.25) is 0 Å². The van der Waals surface area contributed by atoms with E-state index >= 15 is 0 Å². The topological polar surface area (TPSA) is 49.9 Å². The van der Waals surface area contributed by atoms with Crippen molar-refractivity contribution in [2.24, 2.45) is 5.92 Å². The summed E-state index contributed by atoms with van der Waals surface area (Å²) < 4.78 is 33.6. The molecular formula is C24H32N2O3S2. The second kappa shape index (κ2) is 8.27. The Morgan fingerprint density at radius 3 is 2.71 bits per heavy atom. The molecule has 0 unspecified atom stereocenters. The first-order valence-corrected chi connectivity index (χ1v) is 13.7. The molecule has 2 atom stereocenters. The first kappa shape index (κ1) is 21.6. The number of sulfonamides is 1. The summed E-state index contributed by atoms with van der Waals surface area (Å²) in [5.41, 5.74) is 1.34. The van der Waals surface area contributed by atoms with E-state index in [1.165, 1.54) is 15.3 Å². The van der Waals surface area contributed by atoms with Crippen molar-refractivity contribution in [2.75, 3.05) is 32.8 Å². The second-order valence-electron chi connectivity index (χ2n) is 9.30. The van der Waals surface area contributed by atoms with Crippen LogP contribution in [0.25, 0.3) is 0 Å². The zero-order valence-corrected chi connectivity index (χ0v) is 20.1. The number of aryl methyl sites for hydroxylation is 1. The minimum atomic E-state index is -3.35. The normalized spacial score (nSPS) is 27.9. The standard InChI is InChI=1S/C24H32N2O3S2/c1-3-20-13-22-23(30-20)9-12-29-24(22)10-11-25(18(2)14-24)15-19-16-26(17-19)31(27,28)21-7-5-4-6-8-21/h4-8,13,18-19H,3,9-12,14-17H2,1-2H3/t18-,24+/m0/s1. The van der Waals surface area contributed by atoms with E-state index in [4.69, 9.17) is 4.74 Å². The van der Waals surface area contributed by atoms with Gasteiger partial charge in [0, 0.05) is 48.4 Å². The molecule has 0 bridgehead atoms. The third-order valence-corrected chi connectivity index (χ3v) is 10.4. The third-order valence-electron chi connectivity index (χ3n) is 7.26. The van der Waals surface area contributed by atoms with Crippen molar-refractivity contribution in [1.29, 1.82) is 0 Å². The predicted molar refractivity (Wildman–Crippen MR) is 124 cm³/mol. The fourth-order valence-electron chi connectivity index (χ4n) is 5.45. The van der Waals surface area contributed by atoms with Gasteiger partial charge >= 0.3 is 0 Å². The molecule has 0 aliphatic carbocycles. The van der Waals surface area contributed by atoms with E-state index < -0.39 is 10.0 Å². The Morgan fingerprint density at radius 2 is 2.00 bits per heavy atom. The molecule has 0 saturated carbocycles. The number of hydrogen-bond acceptors (Lipinski definition) is 5. The molecule has 0 amide bonds. The Morgan fingerprint density at radius 1 is 1.23 bits per heavy atom. The summed E-state index contributed by atoms with van der Waals surface area (Å²) in [4.78, 5) is 5.95. The van der Waals surface area contributed by atoms with Crippen LogP contribution in [0.15, 0.2) is 41.3 Å². The van der Waals surface area contributed by atoms with Crippen molar-refractivity contribution in [3.8, 4) is 0 Å². The molecule has 5 nitrogen and oxygen atoms in total. The number of hydrogen-bond donors (Lipinski definition) is 0. The first-order chi connectivity index (χ1) is 14.9. The van der Waals surface area contributed by atoms with Gasteiger partial charge in [0.05, 0.1) is 17.1 Å². The molecule has 0 radical (unpaired) electrons. The molecule has 3 aliphatic rings. The molecule has 5 rings (SSSR count). The molecule has 4 heterocycles. The highest BCUT2D eigenvalue weighted by atomic mass is 32.2. The van der Waals surface area contributed by atoms with Crippen molar-refractivity contribution in [1.82, 2.24) is 9.21 Å². The molecule has 2 aromatic rings. The van der Waals surface area contributed by atoms with Gasteiger partial charge < -0.3 is 9.64 Å². The summed E-state index contributed by atoms with van der Waals surface area (Å²) in [5.74, 6) is 0.408. The minimum absolute atomic E-state index is 0.115. The summed E-state index contributed by atoms with van der Waals surface area (Å²) in [6, 6.07) is 11.6. The maximum absolute atomic E-state index is 12.8. The largest absolute Gasteiger partial charge is 0.370 e. The van der Waals surface area contributed by atoms with E-state index in [-0.39, 0.29) is 5.60 Å². The van der Waals surface area contributed by atoms with Crippen LogP contribution in [0.3, 0.4) is 0 Å². The average Bonchev–Trinajstić information content (AvgIpc) is 3.17. The lowest BCUT2D eigenvalue weighted by Gasteiger charge is -2.49. The van der Waals surface area contributed by atoms with Crippen LogP contribution in [-0.4, -0.2) is 56.5 Å². The lowest BCUT2D eigenvalue weighted by atomic mass is 9.79. The lowest BCUT2D eigenvalue weighted by Crippen LogP contribution is -2.57. The van der Waals surface area contributed by atoms with Crippen molar-refractivity contribution in [3.63, 3.8) is 0 Å². The second-order valence-corrected chi connectivity index (χ2v) is 12.5. The van der Waals surface area contributed by atoms with E-state index in [0.29, 0.717) is 29.9 Å². The van der Waals surface area contributed by atoms with Crippen molar-refractivity contribution in [3.05, 3.63) is 51.7 Å². The van der Waals surface area contributed by atoms with E-state index in [9.17, 15) is 8.42 Å². The van der Waals surface area contributed by atoms with Crippen LogP contribution in [0.5, 0.6) is 0 Å². The van der Waals surface area contributed by atoms with Crippen LogP contribution in [-0.2, 0) is 33.2 Å². The van der Waals surface area contributed by atoms with Crippen LogP contribution in [0.1, 0.15) is 42.0 Å². The summed E-state index contributed by atoms with van der Waals surface area (Å²) in [7, 11) is -3.35. The molecule has 168 valence electrons. The van der Waals surface area contributed by atoms with E-state index in [1.54, 1.807) is 28.6 Å². The fraction of sp³-hybridized carbons (Fsp3) is 0.583. The average molecular weight is 461 g/mol. The van der Waals surface area contributed by atoms with Crippen molar-refractivity contribution < 1.29 is 13.2 Å². The zero-order chi connectivity index (χ0) is 21.6. The van der Waals surface area contributed by atoms with E-state index in [1.807, 2.05) is 17.4 Å². The summed E-state index contributed by atoms with van der Waals surface area (Å²) >= 11 is 1.97. The number of thiophene rings is 1. The van der Waals surface area contributed by atoms with Crippen LogP contribution >= 0.6 is 11.3 Å². The maximum Gasteiger partial charge on any atom is 0.243 e. The smallest absolute Gasteiger partial charge is 0.243 e. The van der Waals surface area contributed by atoms with Gasteiger partial charge in [-0.05, 0) is 55.9 Å². The summed E-state index contributed by atoms with van der Waals surface area (Å²) in [5, 5.41) is 0. The highest BCUT2D eigenvalue weighted by Crippen LogP contribution is 2.46. The van der Waals surface area contributed by atoms with Crippen LogP contribution in [0, 0.1) is 5.92 Å². The number of piperidine rings is 1. The van der Waals surface area contributed by atoms with Crippen LogP contribution in [0.2, 0.25) is 0 Å². The number of fused-ring (bicyclic) bond motifs is 2. The van der Waals surface area contributed by atoms with Gasteiger partial charge in [-0.2, -0.15) is 4.31 Å². The van der Waals surface area contributed by atoms with Crippen molar-refractivity contribution in [2.45, 2.75) is 56.1 Å². The molecular weight excluding hydrogens is 428 g/mol. The maximum atomic E-state index is 12.8. The minimum Gasteiger partial charge on any atom is -0.370 e. The molecule has 31 heavy (non-hydrogen) atoms. The predicted octanol–water partition coefficient (Wildman–Crippen LogP) is 3.88. The van der Waals surface area contributed by atoms with Gasteiger partial charge in [-0.1, -0.05) is 25.1 Å². The molecule has 1 aromatic carbocycles. The summed E-state index contributed by atoms with van der Waals surface area (Å²) in [6.45, 7) is 8.60. The molecule has 1 spiro atoms. The molecule has 3 aliphatic heterocycles. The monoisotopic (exact) mass is 460 g/mol. The number of ether oxygens (including phenoxy) is 1. The Bertz CT molecular complexity index is 1030. The van der Waals surface area contributed by atoms with Gasteiger partial charge in [0.1, 0.15) is 0 Å². The van der Waals surface area contributed by atoms with Gasteiger partial charge in [-0.25, -0.2) is 8.42 Å². The molecule has 2 fully saturated rings. The number of likely N-dealkylation sites (tertiary alicyclic amines) is 1. The van der Waals surface area contributed by atoms with Gasteiger partial charge in [-0.15, -0.1) is 11.3 Å². The third kappa shape index (κ3) is 3.89. The lowest BCUT2D eigenvalue weighted by molar-refractivity contribution is -0.114.